The van der Waals surface area contributed by atoms with E-state index in [0.29, 0.717) is 5.56 Å². The Bertz CT molecular complexity index is 847. The summed E-state index contributed by atoms with van der Waals surface area (Å²) in [5.74, 6) is 0.233. The topological polar surface area (TPSA) is 57.8 Å². The summed E-state index contributed by atoms with van der Waals surface area (Å²) in [6.07, 6.45) is 5.49. The van der Waals surface area contributed by atoms with E-state index in [2.05, 4.69) is 51.7 Å². The molecule has 0 radical (unpaired) electrons. The number of nitrogens with one attached hydrogen (secondary N) is 2. The van der Waals surface area contributed by atoms with Crippen molar-refractivity contribution in [2.75, 3.05) is 0 Å². The van der Waals surface area contributed by atoms with E-state index in [9.17, 15) is 4.79 Å². The molecule has 0 aliphatic heterocycles. The van der Waals surface area contributed by atoms with Crippen LogP contribution < -0.4 is 5.32 Å². The Hall–Kier alpha value is -2.88. The van der Waals surface area contributed by atoms with Gasteiger partial charge in [-0.1, -0.05) is 42.5 Å². The second kappa shape index (κ2) is 8.21. The largest absolute Gasteiger partial charge is 0.348 e. The zero-order chi connectivity index (χ0) is 19.3. The lowest BCUT2D eigenvalue weighted by atomic mass is 9.86. The van der Waals surface area contributed by atoms with Gasteiger partial charge in [0.05, 0.1) is 6.33 Å². The molecule has 1 unspecified atom stereocenters. The Morgan fingerprint density at radius 1 is 1.04 bits per heavy atom. The van der Waals surface area contributed by atoms with Crippen molar-refractivity contribution in [1.29, 1.82) is 0 Å². The van der Waals surface area contributed by atoms with Gasteiger partial charge in [0, 0.05) is 28.9 Å². The van der Waals surface area contributed by atoms with Crippen molar-refractivity contribution in [2.45, 2.75) is 45.1 Å². The van der Waals surface area contributed by atoms with E-state index in [4.69, 9.17) is 0 Å². The van der Waals surface area contributed by atoms with Crippen LogP contribution in [-0.2, 0) is 6.42 Å². The molecule has 2 aromatic carbocycles. The monoisotopic (exact) mass is 361 g/mol. The number of hydrogen-bond donors (Lipinski definition) is 2. The SMILES string of the molecule is CC(C)(C)NC(=O)c1ccc(C(CCc2cnc[nH]2)c2ccccc2)cc1. The van der Waals surface area contributed by atoms with Crippen LogP contribution in [0.4, 0.5) is 0 Å². The third-order valence-corrected chi connectivity index (χ3v) is 4.52. The molecule has 0 fully saturated rings. The van der Waals surface area contributed by atoms with Gasteiger partial charge in [0.15, 0.2) is 0 Å². The van der Waals surface area contributed by atoms with Crippen molar-refractivity contribution in [3.05, 3.63) is 89.5 Å². The van der Waals surface area contributed by atoms with E-state index in [1.54, 1.807) is 6.33 Å². The third-order valence-electron chi connectivity index (χ3n) is 4.52. The average molecular weight is 361 g/mol. The van der Waals surface area contributed by atoms with Crippen molar-refractivity contribution in [2.24, 2.45) is 0 Å². The van der Waals surface area contributed by atoms with Crippen LogP contribution in [0.1, 0.15) is 60.3 Å². The number of aryl methyl sites for hydroxylation is 1. The zero-order valence-corrected chi connectivity index (χ0v) is 16.2. The Morgan fingerprint density at radius 2 is 1.70 bits per heavy atom. The molecule has 0 saturated heterocycles. The number of amides is 1. The van der Waals surface area contributed by atoms with E-state index in [1.165, 1.54) is 11.1 Å². The molecule has 0 aliphatic carbocycles. The predicted molar refractivity (Wildman–Crippen MR) is 109 cm³/mol. The van der Waals surface area contributed by atoms with Crippen molar-refractivity contribution in [1.82, 2.24) is 15.3 Å². The minimum absolute atomic E-state index is 0.0391. The van der Waals surface area contributed by atoms with Crippen LogP contribution in [0.3, 0.4) is 0 Å². The number of carbonyl (C=O) groups excluding carboxylic acids is 1. The molecular weight excluding hydrogens is 334 g/mol. The number of rotatable bonds is 6. The van der Waals surface area contributed by atoms with Crippen molar-refractivity contribution in [3.63, 3.8) is 0 Å². The summed E-state index contributed by atoms with van der Waals surface area (Å²) in [5.41, 5.74) is 4.08. The molecule has 4 nitrogen and oxygen atoms in total. The van der Waals surface area contributed by atoms with Crippen LogP contribution in [0.5, 0.6) is 0 Å². The average Bonchev–Trinajstić information content (AvgIpc) is 3.15. The number of aromatic amines is 1. The van der Waals surface area contributed by atoms with Crippen molar-refractivity contribution < 1.29 is 4.79 Å². The summed E-state index contributed by atoms with van der Waals surface area (Å²) in [6, 6.07) is 18.5. The molecule has 1 aromatic heterocycles. The molecule has 3 rings (SSSR count). The first-order chi connectivity index (χ1) is 12.9. The van der Waals surface area contributed by atoms with E-state index < -0.39 is 0 Å². The van der Waals surface area contributed by atoms with Gasteiger partial charge in [-0.05, 0) is 56.9 Å². The molecule has 2 N–H and O–H groups in total. The van der Waals surface area contributed by atoms with Gasteiger partial charge in [-0.2, -0.15) is 0 Å². The fraction of sp³-hybridized carbons (Fsp3) is 0.304. The van der Waals surface area contributed by atoms with Gasteiger partial charge >= 0.3 is 0 Å². The molecular formula is C23H27N3O. The molecule has 0 saturated carbocycles. The minimum Gasteiger partial charge on any atom is -0.348 e. The summed E-state index contributed by atoms with van der Waals surface area (Å²) >= 11 is 0. The highest BCUT2D eigenvalue weighted by Crippen LogP contribution is 2.29. The summed E-state index contributed by atoms with van der Waals surface area (Å²) in [6.45, 7) is 5.96. The van der Waals surface area contributed by atoms with Crippen molar-refractivity contribution in [3.8, 4) is 0 Å². The Morgan fingerprint density at radius 3 is 2.30 bits per heavy atom. The molecule has 1 heterocycles. The Balaban J connectivity index is 1.80. The maximum Gasteiger partial charge on any atom is 0.251 e. The zero-order valence-electron chi connectivity index (χ0n) is 16.2. The van der Waals surface area contributed by atoms with Gasteiger partial charge in [0.1, 0.15) is 0 Å². The van der Waals surface area contributed by atoms with Crippen LogP contribution in [0, 0.1) is 0 Å². The van der Waals surface area contributed by atoms with E-state index in [1.807, 2.05) is 45.2 Å². The molecule has 0 bridgehead atoms. The molecule has 1 atom stereocenters. The van der Waals surface area contributed by atoms with Crippen LogP contribution in [0.2, 0.25) is 0 Å². The number of carbonyl (C=O) groups is 1. The first kappa shape index (κ1) is 18.9. The highest BCUT2D eigenvalue weighted by Gasteiger charge is 2.18. The summed E-state index contributed by atoms with van der Waals surface area (Å²) in [5, 5.41) is 3.01. The van der Waals surface area contributed by atoms with Gasteiger partial charge in [0.2, 0.25) is 0 Å². The second-order valence-electron chi connectivity index (χ2n) is 7.90. The lowest BCUT2D eigenvalue weighted by molar-refractivity contribution is 0.0919. The lowest BCUT2D eigenvalue weighted by Gasteiger charge is -2.21. The smallest absolute Gasteiger partial charge is 0.251 e. The summed E-state index contributed by atoms with van der Waals surface area (Å²) < 4.78 is 0. The maximum absolute atomic E-state index is 12.4. The number of nitrogens with zero attached hydrogens (tertiary/aromatic N) is 1. The normalized spacial score (nSPS) is 12.6. The molecule has 140 valence electrons. The fourth-order valence-corrected chi connectivity index (χ4v) is 3.21. The molecule has 3 aromatic rings. The molecule has 1 amide bonds. The number of H-pyrrole nitrogens is 1. The molecule has 0 spiro atoms. The van der Waals surface area contributed by atoms with Gasteiger partial charge in [0.25, 0.3) is 5.91 Å². The van der Waals surface area contributed by atoms with Gasteiger partial charge < -0.3 is 10.3 Å². The number of benzene rings is 2. The highest BCUT2D eigenvalue weighted by atomic mass is 16.1. The molecule has 4 heteroatoms. The predicted octanol–water partition coefficient (Wildman–Crippen LogP) is 4.70. The van der Waals surface area contributed by atoms with Crippen LogP contribution in [0.15, 0.2) is 67.1 Å². The minimum atomic E-state index is -0.244. The number of hydrogen-bond acceptors (Lipinski definition) is 2. The fourth-order valence-electron chi connectivity index (χ4n) is 3.21. The van der Waals surface area contributed by atoms with Crippen LogP contribution in [-0.4, -0.2) is 21.4 Å². The van der Waals surface area contributed by atoms with E-state index >= 15 is 0 Å². The van der Waals surface area contributed by atoms with Crippen molar-refractivity contribution >= 4 is 5.91 Å². The van der Waals surface area contributed by atoms with Crippen LogP contribution >= 0.6 is 0 Å². The Labute approximate surface area is 161 Å². The van der Waals surface area contributed by atoms with E-state index in [0.717, 1.165) is 18.5 Å². The summed E-state index contributed by atoms with van der Waals surface area (Å²) in [4.78, 5) is 19.7. The first-order valence-corrected chi connectivity index (χ1v) is 9.37. The Kier molecular flexibility index (Phi) is 5.75. The standard InChI is InChI=1S/C23H27N3O/c1-23(2,3)26-22(27)19-11-9-18(10-12-19)21(17-7-5-4-6-8-17)14-13-20-15-24-16-25-20/h4-12,15-16,21H,13-14H2,1-3H3,(H,24,25)(H,26,27). The maximum atomic E-state index is 12.4. The molecule has 0 aliphatic rings. The second-order valence-corrected chi connectivity index (χ2v) is 7.90. The highest BCUT2D eigenvalue weighted by molar-refractivity contribution is 5.94. The van der Waals surface area contributed by atoms with Gasteiger partial charge in [-0.3, -0.25) is 4.79 Å². The number of aromatic nitrogens is 2. The lowest BCUT2D eigenvalue weighted by Crippen LogP contribution is -2.40. The summed E-state index contributed by atoms with van der Waals surface area (Å²) in [7, 11) is 0. The first-order valence-electron chi connectivity index (χ1n) is 9.37. The van der Waals surface area contributed by atoms with Gasteiger partial charge in [-0.15, -0.1) is 0 Å². The van der Waals surface area contributed by atoms with E-state index in [-0.39, 0.29) is 17.4 Å². The quantitative estimate of drug-likeness (QED) is 0.668. The van der Waals surface area contributed by atoms with Crippen LogP contribution in [0.25, 0.3) is 0 Å². The third kappa shape index (κ3) is 5.30. The van der Waals surface area contributed by atoms with Gasteiger partial charge in [-0.25, -0.2) is 4.98 Å². The number of imidazole rings is 1. The molecule has 27 heavy (non-hydrogen) atoms.